The minimum atomic E-state index is -0.0609. The monoisotopic (exact) mass is 445 g/mol. The van der Waals surface area contributed by atoms with Crippen molar-refractivity contribution in [1.29, 1.82) is 0 Å². The number of rotatable bonds is 6. The van der Waals surface area contributed by atoms with Gasteiger partial charge in [0.15, 0.2) is 5.76 Å². The van der Waals surface area contributed by atoms with Gasteiger partial charge in [0.2, 0.25) is 0 Å². The van der Waals surface area contributed by atoms with Crippen molar-refractivity contribution in [2.75, 3.05) is 13.1 Å². The first-order valence-corrected chi connectivity index (χ1v) is 11.3. The second-order valence-corrected chi connectivity index (χ2v) is 8.66. The third-order valence-electron chi connectivity index (χ3n) is 6.33. The molecule has 0 spiro atoms. The van der Waals surface area contributed by atoms with E-state index >= 15 is 0 Å². The van der Waals surface area contributed by atoms with Crippen LogP contribution in [0.3, 0.4) is 0 Å². The molecule has 0 aliphatic carbocycles. The molecule has 0 saturated carbocycles. The van der Waals surface area contributed by atoms with Crippen LogP contribution in [0.25, 0.3) is 5.69 Å². The lowest BCUT2D eigenvalue weighted by Crippen LogP contribution is -2.40. The molecule has 3 aromatic heterocycles. The molecule has 1 aliphatic rings. The number of hydrogen-bond acceptors (Lipinski definition) is 6. The lowest BCUT2D eigenvalue weighted by Gasteiger charge is -2.32. The van der Waals surface area contributed by atoms with Crippen LogP contribution in [-0.2, 0) is 12.8 Å². The highest BCUT2D eigenvalue weighted by Gasteiger charge is 2.28. The summed E-state index contributed by atoms with van der Waals surface area (Å²) in [5.41, 5.74) is 2.89. The van der Waals surface area contributed by atoms with Gasteiger partial charge in [0.05, 0.1) is 5.69 Å². The molecular weight excluding hydrogens is 418 g/mol. The summed E-state index contributed by atoms with van der Waals surface area (Å²) in [5.74, 6) is 3.07. The van der Waals surface area contributed by atoms with Crippen molar-refractivity contribution in [3.8, 4) is 5.69 Å². The number of carbonyl (C=O) groups excluding carboxylic acids is 1. The maximum atomic E-state index is 13.2. The number of benzene rings is 1. The van der Waals surface area contributed by atoms with Gasteiger partial charge in [-0.05, 0) is 56.9 Å². The summed E-state index contributed by atoms with van der Waals surface area (Å²) in [4.78, 5) is 15.1. The molecule has 1 atom stereocenters. The van der Waals surface area contributed by atoms with Crippen molar-refractivity contribution >= 4 is 5.91 Å². The highest BCUT2D eigenvalue weighted by atomic mass is 16.5. The van der Waals surface area contributed by atoms with Gasteiger partial charge in [0.1, 0.15) is 23.7 Å². The van der Waals surface area contributed by atoms with E-state index in [1.807, 2.05) is 59.7 Å². The average molecular weight is 446 g/mol. The largest absolute Gasteiger partial charge is 0.456 e. The Labute approximate surface area is 192 Å². The van der Waals surface area contributed by atoms with E-state index in [0.717, 1.165) is 60.1 Å². The van der Waals surface area contributed by atoms with Gasteiger partial charge < -0.3 is 13.8 Å². The summed E-state index contributed by atoms with van der Waals surface area (Å²) < 4.78 is 13.2. The summed E-state index contributed by atoms with van der Waals surface area (Å²) in [6.07, 6.45) is 5.10. The zero-order valence-corrected chi connectivity index (χ0v) is 18.9. The molecule has 4 aromatic rings. The topological polar surface area (TPSA) is 90.2 Å². The number of aryl methyl sites for hydroxylation is 2. The molecule has 1 unspecified atom stereocenters. The minimum absolute atomic E-state index is 0.0609. The number of furan rings is 1. The Morgan fingerprint density at radius 2 is 2.00 bits per heavy atom. The molecule has 170 valence electrons. The number of carbonyl (C=O) groups is 1. The molecule has 0 bridgehead atoms. The lowest BCUT2D eigenvalue weighted by atomic mass is 9.94. The Hall–Kier alpha value is -3.68. The molecular formula is C25H27N5O3. The summed E-state index contributed by atoms with van der Waals surface area (Å²) in [6, 6.07) is 13.7. The number of aromatic nitrogens is 4. The summed E-state index contributed by atoms with van der Waals surface area (Å²) in [6.45, 7) is 5.21. The minimum Gasteiger partial charge on any atom is -0.456 e. The Morgan fingerprint density at radius 3 is 2.79 bits per heavy atom. The van der Waals surface area contributed by atoms with Crippen LogP contribution in [0.1, 0.15) is 52.0 Å². The maximum absolute atomic E-state index is 13.2. The summed E-state index contributed by atoms with van der Waals surface area (Å²) >= 11 is 0. The average Bonchev–Trinajstić information content (AvgIpc) is 3.57. The van der Waals surface area contributed by atoms with E-state index in [4.69, 9.17) is 8.94 Å². The van der Waals surface area contributed by atoms with Gasteiger partial charge in [0.25, 0.3) is 5.91 Å². The molecule has 1 amide bonds. The van der Waals surface area contributed by atoms with E-state index in [1.165, 1.54) is 0 Å². The lowest BCUT2D eigenvalue weighted by molar-refractivity contribution is 0.0638. The van der Waals surface area contributed by atoms with Crippen molar-refractivity contribution in [2.24, 2.45) is 5.92 Å². The van der Waals surface area contributed by atoms with Crippen LogP contribution in [0, 0.1) is 19.8 Å². The van der Waals surface area contributed by atoms with E-state index in [2.05, 4.69) is 15.4 Å². The molecule has 5 rings (SSSR count). The Balaban J connectivity index is 1.25. The van der Waals surface area contributed by atoms with E-state index in [-0.39, 0.29) is 5.91 Å². The van der Waals surface area contributed by atoms with Crippen molar-refractivity contribution in [3.63, 3.8) is 0 Å². The normalized spacial score (nSPS) is 16.3. The third kappa shape index (κ3) is 4.46. The number of likely N-dealkylation sites (tertiary alicyclic amines) is 1. The molecule has 8 heteroatoms. The Kier molecular flexibility index (Phi) is 5.81. The predicted molar refractivity (Wildman–Crippen MR) is 121 cm³/mol. The van der Waals surface area contributed by atoms with Crippen molar-refractivity contribution < 1.29 is 13.7 Å². The molecule has 33 heavy (non-hydrogen) atoms. The van der Waals surface area contributed by atoms with Gasteiger partial charge in [-0.1, -0.05) is 23.4 Å². The van der Waals surface area contributed by atoms with Gasteiger partial charge in [-0.2, -0.15) is 0 Å². The van der Waals surface area contributed by atoms with Crippen molar-refractivity contribution in [1.82, 2.24) is 24.8 Å². The molecule has 1 aliphatic heterocycles. The molecule has 8 nitrogen and oxygen atoms in total. The van der Waals surface area contributed by atoms with Crippen LogP contribution < -0.4 is 0 Å². The number of piperidine rings is 1. The fraction of sp³-hybridized carbons (Fsp3) is 0.360. The van der Waals surface area contributed by atoms with Gasteiger partial charge in [0, 0.05) is 37.2 Å². The molecule has 0 N–H and O–H groups in total. The first-order chi connectivity index (χ1) is 16.1. The second-order valence-electron chi connectivity index (χ2n) is 8.66. The van der Waals surface area contributed by atoms with Crippen LogP contribution in [0.2, 0.25) is 0 Å². The first-order valence-electron chi connectivity index (χ1n) is 11.3. The van der Waals surface area contributed by atoms with E-state index in [1.54, 1.807) is 12.4 Å². The number of nitrogens with zero attached hydrogens (tertiary/aromatic N) is 5. The first kappa shape index (κ1) is 21.2. The van der Waals surface area contributed by atoms with Gasteiger partial charge in [-0.25, -0.2) is 0 Å². The van der Waals surface area contributed by atoms with E-state index in [0.29, 0.717) is 24.6 Å². The number of amides is 1. The van der Waals surface area contributed by atoms with Gasteiger partial charge in [-0.3, -0.25) is 9.36 Å². The van der Waals surface area contributed by atoms with Crippen molar-refractivity contribution in [3.05, 3.63) is 83.2 Å². The Morgan fingerprint density at radius 1 is 1.15 bits per heavy atom. The SMILES string of the molecule is Cc1noc(C)c1Cc1ccc(C(=O)N2CCCC(Cc3nncn3-c3ccccc3)C2)o1. The zero-order valence-electron chi connectivity index (χ0n) is 18.9. The fourth-order valence-corrected chi connectivity index (χ4v) is 4.55. The van der Waals surface area contributed by atoms with E-state index < -0.39 is 0 Å². The molecule has 1 aromatic carbocycles. The van der Waals surface area contributed by atoms with Crippen LogP contribution >= 0.6 is 0 Å². The Bertz CT molecular complexity index is 1220. The van der Waals surface area contributed by atoms with Crippen LogP contribution in [0.15, 0.2) is 57.7 Å². The van der Waals surface area contributed by atoms with Crippen molar-refractivity contribution in [2.45, 2.75) is 39.5 Å². The molecule has 0 radical (unpaired) electrons. The third-order valence-corrected chi connectivity index (χ3v) is 6.33. The highest BCUT2D eigenvalue weighted by Crippen LogP contribution is 2.24. The predicted octanol–water partition coefficient (Wildman–Crippen LogP) is 4.15. The second kappa shape index (κ2) is 9.05. The summed E-state index contributed by atoms with van der Waals surface area (Å²) in [5, 5.41) is 12.5. The van der Waals surface area contributed by atoms with Gasteiger partial charge in [-0.15, -0.1) is 10.2 Å². The summed E-state index contributed by atoms with van der Waals surface area (Å²) in [7, 11) is 0. The fourth-order valence-electron chi connectivity index (χ4n) is 4.55. The van der Waals surface area contributed by atoms with E-state index in [9.17, 15) is 4.79 Å². The quantitative estimate of drug-likeness (QED) is 0.443. The van der Waals surface area contributed by atoms with Crippen LogP contribution in [0.5, 0.6) is 0 Å². The molecule has 1 fully saturated rings. The molecule has 1 saturated heterocycles. The number of para-hydroxylation sites is 1. The maximum Gasteiger partial charge on any atom is 0.289 e. The zero-order chi connectivity index (χ0) is 22.8. The van der Waals surface area contributed by atoms with Crippen LogP contribution in [-0.4, -0.2) is 43.8 Å². The van der Waals surface area contributed by atoms with Crippen LogP contribution in [0.4, 0.5) is 0 Å². The van der Waals surface area contributed by atoms with Gasteiger partial charge >= 0.3 is 0 Å². The number of hydrogen-bond donors (Lipinski definition) is 0. The smallest absolute Gasteiger partial charge is 0.289 e. The standard InChI is InChI=1S/C25H27N5O3/c1-17-22(18(2)33-28-17)14-21-10-11-23(32-21)25(31)29-12-6-7-19(15-29)13-24-27-26-16-30(24)20-8-4-3-5-9-20/h3-5,8-11,16,19H,6-7,12-15H2,1-2H3. The molecule has 4 heterocycles. The highest BCUT2D eigenvalue weighted by molar-refractivity contribution is 5.91.